The van der Waals surface area contributed by atoms with Crippen LogP contribution in [0.1, 0.15) is 355 Å². The van der Waals surface area contributed by atoms with Crippen LogP contribution in [0.15, 0.2) is 61.1 Å². The molecule has 0 saturated heterocycles. The Labute approximate surface area is 487 Å². The molecule has 78 heavy (non-hydrogen) atoms. The molecule has 0 aliphatic rings. The Morgan fingerprint density at radius 3 is 0.795 bits per heavy atom. The highest BCUT2D eigenvalue weighted by molar-refractivity contribution is 4.84. The summed E-state index contributed by atoms with van der Waals surface area (Å²) in [6, 6.07) is 0. The molecule has 0 heterocycles. The molecule has 460 valence electrons. The Bertz CT molecular complexity index is 1180. The van der Waals surface area contributed by atoms with Crippen LogP contribution in [0.4, 0.5) is 0 Å². The first-order chi connectivity index (χ1) is 38.6. The van der Waals surface area contributed by atoms with E-state index in [2.05, 4.69) is 75.3 Å². The number of nitrogens with zero attached hydrogens (tertiary/aromatic N) is 1. The minimum atomic E-state index is 0.314. The van der Waals surface area contributed by atoms with Crippen molar-refractivity contribution in [2.45, 2.75) is 355 Å². The van der Waals surface area contributed by atoms with E-state index in [1.54, 1.807) is 0 Å². The lowest BCUT2D eigenvalue weighted by atomic mass is 10.1. The average Bonchev–Trinajstić information content (AvgIpc) is 3.44. The van der Waals surface area contributed by atoms with Crippen LogP contribution in [0.2, 0.25) is 0 Å². The molecule has 0 N–H and O–H groups in total. The van der Waals surface area contributed by atoms with Crippen LogP contribution in [0.3, 0.4) is 0 Å². The van der Waals surface area contributed by atoms with Crippen LogP contribution in [-0.2, 0) is 29.3 Å². The molecule has 0 radical (unpaired) electrons. The lowest BCUT2D eigenvalue weighted by molar-refractivity contribution is -0.323. The molecular formula is C71H135NO6. The topological polar surface area (TPSA) is 58.6 Å². The van der Waals surface area contributed by atoms with Crippen molar-refractivity contribution in [3.05, 3.63) is 61.1 Å². The molecule has 0 aliphatic heterocycles. The third-order valence-corrected chi connectivity index (χ3v) is 15.3. The predicted octanol–water partition coefficient (Wildman–Crippen LogP) is 24.1. The smallest absolute Gasteiger partial charge is 0.135 e. The molecular weight excluding hydrogens is 963 g/mol. The van der Waals surface area contributed by atoms with E-state index in [1.807, 2.05) is 0 Å². The third kappa shape index (κ3) is 66.6. The molecule has 0 aliphatic carbocycles. The van der Waals surface area contributed by atoms with E-state index >= 15 is 0 Å². The first-order valence-corrected chi connectivity index (χ1v) is 34.5. The van der Waals surface area contributed by atoms with E-state index in [0.29, 0.717) is 51.2 Å². The molecule has 0 bridgehead atoms. The van der Waals surface area contributed by atoms with Crippen molar-refractivity contribution in [1.29, 1.82) is 0 Å². The van der Waals surface area contributed by atoms with E-state index in [4.69, 9.17) is 29.3 Å². The Kier molecular flexibility index (Phi) is 67.7. The minimum absolute atomic E-state index is 0.314. The molecule has 7 nitrogen and oxygen atoms in total. The zero-order valence-corrected chi connectivity index (χ0v) is 52.8. The second-order valence-corrected chi connectivity index (χ2v) is 23.2. The fraction of sp³-hybridized carbons (Fsp3) is 0.859. The van der Waals surface area contributed by atoms with E-state index in [-0.39, 0.29) is 0 Å². The van der Waals surface area contributed by atoms with Gasteiger partial charge in [0, 0.05) is 25.9 Å². The van der Waals surface area contributed by atoms with Crippen LogP contribution >= 0.6 is 0 Å². The largest absolute Gasteiger partial charge is 0.343 e. The standard InChI is InChI=1S/C71H135NO6/c1-6-9-12-15-18-21-24-27-30-33-36-37-40-43-46-49-52-55-58-61-66-73-76-69-72(64-67-74-77-70(4)62-59-56-53-50-47-44-41-38-34-31-28-25-22-19-16-13-10-7-2)65-68-75-78-71(5)63-60-57-54-51-48-45-42-39-35-32-29-26-23-20-17-14-11-8-3/h33-36,38-39H,4-32,37,40-69H2,1-3H3/b36-33+,38-34+,39-35+. The highest BCUT2D eigenvalue weighted by Gasteiger charge is 2.09. The van der Waals surface area contributed by atoms with Crippen molar-refractivity contribution in [3.63, 3.8) is 0 Å². The van der Waals surface area contributed by atoms with Crippen molar-refractivity contribution in [2.24, 2.45) is 0 Å². The maximum Gasteiger partial charge on any atom is 0.135 e. The Morgan fingerprint density at radius 2 is 0.513 bits per heavy atom. The molecule has 7 heteroatoms. The van der Waals surface area contributed by atoms with Gasteiger partial charge in [0.2, 0.25) is 0 Å². The van der Waals surface area contributed by atoms with Crippen molar-refractivity contribution in [1.82, 2.24) is 4.90 Å². The normalized spacial score (nSPS) is 11.9. The summed E-state index contributed by atoms with van der Waals surface area (Å²) in [5, 5.41) is 0. The molecule has 0 fully saturated rings. The molecule has 0 aromatic rings. The summed E-state index contributed by atoms with van der Waals surface area (Å²) in [4.78, 5) is 35.7. The highest BCUT2D eigenvalue weighted by Crippen LogP contribution is 2.17. The lowest BCUT2D eigenvalue weighted by Gasteiger charge is -2.21. The Morgan fingerprint density at radius 1 is 0.269 bits per heavy atom. The van der Waals surface area contributed by atoms with Crippen LogP contribution in [-0.4, -0.2) is 44.5 Å². The summed E-state index contributed by atoms with van der Waals surface area (Å²) in [6.45, 7) is 18.0. The fourth-order valence-corrected chi connectivity index (χ4v) is 10.0. The van der Waals surface area contributed by atoms with Gasteiger partial charge in [0.25, 0.3) is 0 Å². The Balaban J connectivity index is 4.23. The minimum Gasteiger partial charge on any atom is -0.343 e. The van der Waals surface area contributed by atoms with Gasteiger partial charge in [0.05, 0.1) is 6.61 Å². The van der Waals surface area contributed by atoms with Gasteiger partial charge in [-0.1, -0.05) is 295 Å². The zero-order valence-electron chi connectivity index (χ0n) is 52.8. The van der Waals surface area contributed by atoms with Gasteiger partial charge in [-0.05, 0) is 96.3 Å². The summed E-state index contributed by atoms with van der Waals surface area (Å²) in [7, 11) is 0. The van der Waals surface area contributed by atoms with E-state index < -0.39 is 0 Å². The summed E-state index contributed by atoms with van der Waals surface area (Å²) < 4.78 is 0. The van der Waals surface area contributed by atoms with Gasteiger partial charge in [0.15, 0.2) is 0 Å². The van der Waals surface area contributed by atoms with E-state index in [9.17, 15) is 0 Å². The molecule has 0 rings (SSSR count). The molecule has 0 amide bonds. The number of hydrogen-bond donors (Lipinski definition) is 0. The van der Waals surface area contributed by atoms with Gasteiger partial charge in [-0.2, -0.15) is 9.78 Å². The lowest BCUT2D eigenvalue weighted by Crippen LogP contribution is -2.33. The number of hydrogen-bond acceptors (Lipinski definition) is 7. The van der Waals surface area contributed by atoms with Crippen LogP contribution in [0.5, 0.6) is 0 Å². The second kappa shape index (κ2) is 69.4. The Hall–Kier alpha value is -1.90. The van der Waals surface area contributed by atoms with Gasteiger partial charge in [-0.25, -0.2) is 9.78 Å². The first-order valence-electron chi connectivity index (χ1n) is 34.5. The maximum absolute atomic E-state index is 5.67. The van der Waals surface area contributed by atoms with Crippen molar-refractivity contribution in [3.8, 4) is 0 Å². The summed E-state index contributed by atoms with van der Waals surface area (Å²) in [5.41, 5.74) is 0. The second-order valence-electron chi connectivity index (χ2n) is 23.2. The average molecular weight is 1100 g/mol. The molecule has 0 aromatic heterocycles. The zero-order chi connectivity index (χ0) is 56.2. The number of allylic oxidation sites excluding steroid dienone is 8. The van der Waals surface area contributed by atoms with E-state index in [1.165, 1.54) is 302 Å². The predicted molar refractivity (Wildman–Crippen MR) is 340 cm³/mol. The molecule has 0 spiro atoms. The van der Waals surface area contributed by atoms with Gasteiger partial charge in [0.1, 0.15) is 31.5 Å². The summed E-state index contributed by atoms with van der Waals surface area (Å²) in [5.74, 6) is 1.38. The van der Waals surface area contributed by atoms with Crippen molar-refractivity contribution in [2.75, 3.05) is 39.6 Å². The highest BCUT2D eigenvalue weighted by atomic mass is 17.2. The van der Waals surface area contributed by atoms with Crippen LogP contribution in [0, 0.1) is 0 Å². The number of unbranched alkanes of at least 4 members (excludes halogenated alkanes) is 44. The fourth-order valence-electron chi connectivity index (χ4n) is 10.0. The summed E-state index contributed by atoms with van der Waals surface area (Å²) in [6.07, 6.45) is 82.2. The van der Waals surface area contributed by atoms with Gasteiger partial charge in [-0.3, -0.25) is 4.90 Å². The van der Waals surface area contributed by atoms with Crippen LogP contribution in [0.25, 0.3) is 0 Å². The molecule has 0 unspecified atom stereocenters. The molecule has 0 saturated carbocycles. The van der Waals surface area contributed by atoms with Gasteiger partial charge >= 0.3 is 0 Å². The SMILES string of the molecule is C=C(CCCCCCCC/C=C/CCCCCCCCCC)OOCCN(CCOOC(=C)CCCCCCCC/C=C/CCCCCCCCCC)COOCCCCCCCCCC/C=C/CCCCCCCCCC. The maximum atomic E-state index is 5.67. The number of rotatable bonds is 69. The monoisotopic (exact) mass is 1100 g/mol. The van der Waals surface area contributed by atoms with Crippen molar-refractivity contribution < 1.29 is 29.3 Å². The quantitative estimate of drug-likeness (QED) is 0.0150. The third-order valence-electron chi connectivity index (χ3n) is 15.3. The first kappa shape index (κ1) is 76.1. The van der Waals surface area contributed by atoms with Gasteiger partial charge < -0.3 is 9.78 Å². The summed E-state index contributed by atoms with van der Waals surface area (Å²) >= 11 is 0. The van der Waals surface area contributed by atoms with E-state index in [0.717, 1.165) is 32.1 Å². The molecule has 0 aromatic carbocycles. The molecule has 0 atom stereocenters. The van der Waals surface area contributed by atoms with Crippen molar-refractivity contribution >= 4 is 0 Å². The van der Waals surface area contributed by atoms with Crippen LogP contribution < -0.4 is 0 Å². The van der Waals surface area contributed by atoms with Gasteiger partial charge in [-0.15, -0.1) is 0 Å².